The molecular weight excluding hydrogens is 216 g/mol. The zero-order chi connectivity index (χ0) is 12.3. The lowest BCUT2D eigenvalue weighted by atomic mass is 10.1. The molecule has 0 spiro atoms. The Balaban J connectivity index is 1.92. The molecule has 2 unspecified atom stereocenters. The number of hydrazone groups is 1. The van der Waals surface area contributed by atoms with Gasteiger partial charge in [0.1, 0.15) is 6.17 Å². The van der Waals surface area contributed by atoms with Gasteiger partial charge in [-0.05, 0) is 26.0 Å². The van der Waals surface area contributed by atoms with Gasteiger partial charge in [0.15, 0.2) is 0 Å². The second kappa shape index (κ2) is 5.51. The van der Waals surface area contributed by atoms with Crippen LogP contribution in [0.15, 0.2) is 17.4 Å². The van der Waals surface area contributed by atoms with Gasteiger partial charge in [0.2, 0.25) is 6.35 Å². The molecule has 0 saturated carbocycles. The summed E-state index contributed by atoms with van der Waals surface area (Å²) >= 11 is 0. The number of aliphatic hydroxyl groups excluding tert-OH is 1. The molecule has 2 aliphatic rings. The summed E-state index contributed by atoms with van der Waals surface area (Å²) in [6.07, 6.45) is 11.2. The van der Waals surface area contributed by atoms with Gasteiger partial charge in [-0.25, -0.2) is 4.90 Å². The van der Waals surface area contributed by atoms with E-state index in [0.29, 0.717) is 0 Å². The number of unbranched alkanes of at least 4 members (excludes halogenated alkanes) is 3. The first-order valence-corrected chi connectivity index (χ1v) is 6.44. The molecule has 0 bridgehead atoms. The highest BCUT2D eigenvalue weighted by atomic mass is 16.3. The highest BCUT2D eigenvalue weighted by Gasteiger charge is 2.41. The average Bonchev–Trinajstić information content (AvgIpc) is 2.60. The molecule has 2 atom stereocenters. The van der Waals surface area contributed by atoms with Crippen LogP contribution < -0.4 is 0 Å². The van der Waals surface area contributed by atoms with Crippen molar-refractivity contribution in [3.8, 4) is 0 Å². The molecule has 0 radical (unpaired) electrons. The summed E-state index contributed by atoms with van der Waals surface area (Å²) in [7, 11) is 1.94. The van der Waals surface area contributed by atoms with Gasteiger partial charge in [-0.3, -0.25) is 5.01 Å². The largest absolute Gasteiger partial charge is 0.358 e. The number of hydrogen-bond acceptors (Lipinski definition) is 5. The lowest BCUT2D eigenvalue weighted by Gasteiger charge is -2.29. The van der Waals surface area contributed by atoms with Crippen LogP contribution in [0.5, 0.6) is 0 Å². The van der Waals surface area contributed by atoms with Crippen LogP contribution in [0.3, 0.4) is 0 Å². The predicted octanol–water partition coefficient (Wildman–Crippen LogP) is 1.54. The first kappa shape index (κ1) is 12.4. The highest BCUT2D eigenvalue weighted by molar-refractivity contribution is 5.71. The molecule has 0 aromatic heterocycles. The van der Waals surface area contributed by atoms with Crippen molar-refractivity contribution in [3.05, 3.63) is 12.3 Å². The lowest BCUT2D eigenvalue weighted by molar-refractivity contribution is -0.0933. The summed E-state index contributed by atoms with van der Waals surface area (Å²) in [5.41, 5.74) is 0. The van der Waals surface area contributed by atoms with E-state index in [1.165, 1.54) is 25.7 Å². The second-order valence-electron chi connectivity index (χ2n) is 4.65. The number of fused-ring (bicyclic) bond motifs is 1. The first-order valence-electron chi connectivity index (χ1n) is 6.44. The minimum atomic E-state index is -0.646. The van der Waals surface area contributed by atoms with Crippen molar-refractivity contribution in [1.29, 1.82) is 0 Å². The van der Waals surface area contributed by atoms with Crippen LogP contribution in [0, 0.1) is 0 Å². The van der Waals surface area contributed by atoms with Gasteiger partial charge >= 0.3 is 0 Å². The molecule has 5 nitrogen and oxygen atoms in total. The van der Waals surface area contributed by atoms with Crippen molar-refractivity contribution in [1.82, 2.24) is 15.0 Å². The maximum absolute atomic E-state index is 10.0. The van der Waals surface area contributed by atoms with E-state index in [0.717, 1.165) is 6.42 Å². The van der Waals surface area contributed by atoms with E-state index < -0.39 is 6.35 Å². The normalized spacial score (nSPS) is 27.9. The molecule has 0 aliphatic carbocycles. The maximum atomic E-state index is 10.0. The van der Waals surface area contributed by atoms with Crippen LogP contribution in [0.4, 0.5) is 0 Å². The molecule has 1 saturated heterocycles. The summed E-state index contributed by atoms with van der Waals surface area (Å²) < 4.78 is 0. The molecule has 1 fully saturated rings. The van der Waals surface area contributed by atoms with Gasteiger partial charge in [-0.2, -0.15) is 10.2 Å². The number of hydrazine groups is 1. The summed E-state index contributed by atoms with van der Waals surface area (Å²) in [6, 6.07) is 0. The van der Waals surface area contributed by atoms with E-state index in [1.54, 1.807) is 11.3 Å². The number of aliphatic hydroxyl groups is 1. The molecule has 0 aromatic carbocycles. The molecular formula is C12H22N4O. The Labute approximate surface area is 103 Å². The monoisotopic (exact) mass is 238 g/mol. The van der Waals surface area contributed by atoms with Crippen LogP contribution in [0.1, 0.15) is 39.0 Å². The van der Waals surface area contributed by atoms with E-state index in [-0.39, 0.29) is 6.17 Å². The van der Waals surface area contributed by atoms with Crippen molar-refractivity contribution in [3.63, 3.8) is 0 Å². The fraction of sp³-hybridized carbons (Fsp3) is 0.750. The van der Waals surface area contributed by atoms with Crippen LogP contribution in [0.2, 0.25) is 0 Å². The van der Waals surface area contributed by atoms with Crippen LogP contribution >= 0.6 is 0 Å². The van der Waals surface area contributed by atoms with Crippen LogP contribution in [-0.4, -0.2) is 45.9 Å². The summed E-state index contributed by atoms with van der Waals surface area (Å²) in [5.74, 6) is 0. The van der Waals surface area contributed by atoms with Gasteiger partial charge in [-0.15, -0.1) is 0 Å². The minimum absolute atomic E-state index is 0.218. The lowest BCUT2D eigenvalue weighted by Crippen LogP contribution is -2.37. The zero-order valence-electron chi connectivity index (χ0n) is 10.7. The second-order valence-corrected chi connectivity index (χ2v) is 4.65. The van der Waals surface area contributed by atoms with E-state index >= 15 is 0 Å². The maximum Gasteiger partial charge on any atom is 0.224 e. The van der Waals surface area contributed by atoms with E-state index in [2.05, 4.69) is 12.0 Å². The van der Waals surface area contributed by atoms with Gasteiger partial charge < -0.3 is 5.11 Å². The zero-order valence-corrected chi connectivity index (χ0v) is 10.7. The van der Waals surface area contributed by atoms with Crippen molar-refractivity contribution >= 4 is 6.21 Å². The predicted molar refractivity (Wildman–Crippen MR) is 67.6 cm³/mol. The third-order valence-corrected chi connectivity index (χ3v) is 3.41. The van der Waals surface area contributed by atoms with Crippen LogP contribution in [-0.2, 0) is 0 Å². The third-order valence-electron chi connectivity index (χ3n) is 3.41. The molecule has 5 heteroatoms. The Bertz CT molecular complexity index is 305. The molecule has 96 valence electrons. The van der Waals surface area contributed by atoms with Crippen molar-refractivity contribution in [2.24, 2.45) is 5.10 Å². The standard InChI is InChI=1S/C12H22N4O/c1-3-4-5-6-8-11-14(2)12(17)16-13-9-7-10-15(11)16/h7,9-12,17H,3-6,8H2,1-2H3. The van der Waals surface area contributed by atoms with Gasteiger partial charge in [0, 0.05) is 6.20 Å². The Morgan fingerprint density at radius 2 is 2.12 bits per heavy atom. The number of nitrogens with zero attached hydrogens (tertiary/aromatic N) is 4. The SMILES string of the molecule is CCCCCCC1N(C)C(O)N2N=CC=CN12. The molecule has 0 aromatic rings. The Kier molecular flexibility index (Phi) is 4.02. The fourth-order valence-electron chi connectivity index (χ4n) is 2.37. The molecule has 2 heterocycles. The molecule has 2 rings (SSSR count). The van der Waals surface area contributed by atoms with Gasteiger partial charge in [0.25, 0.3) is 0 Å². The van der Waals surface area contributed by atoms with E-state index in [4.69, 9.17) is 0 Å². The smallest absolute Gasteiger partial charge is 0.224 e. The van der Waals surface area contributed by atoms with Crippen molar-refractivity contribution in [2.75, 3.05) is 7.05 Å². The summed E-state index contributed by atoms with van der Waals surface area (Å²) in [6.45, 7) is 2.22. The van der Waals surface area contributed by atoms with Gasteiger partial charge in [0.05, 0.1) is 6.21 Å². The van der Waals surface area contributed by atoms with Crippen molar-refractivity contribution in [2.45, 2.75) is 51.5 Å². The molecule has 2 aliphatic heterocycles. The Morgan fingerprint density at radius 3 is 2.88 bits per heavy atom. The summed E-state index contributed by atoms with van der Waals surface area (Å²) in [4.78, 5) is 1.96. The average molecular weight is 238 g/mol. The molecule has 0 amide bonds. The summed E-state index contributed by atoms with van der Waals surface area (Å²) in [5, 5.41) is 17.8. The number of allylic oxidation sites excluding steroid dienone is 1. The third kappa shape index (κ3) is 2.45. The minimum Gasteiger partial charge on any atom is -0.358 e. The topological polar surface area (TPSA) is 42.3 Å². The quantitative estimate of drug-likeness (QED) is 0.738. The number of rotatable bonds is 5. The first-order chi connectivity index (χ1) is 8.25. The van der Waals surface area contributed by atoms with Crippen molar-refractivity contribution < 1.29 is 5.11 Å². The fourth-order valence-corrected chi connectivity index (χ4v) is 2.37. The van der Waals surface area contributed by atoms with Gasteiger partial charge in [-0.1, -0.05) is 26.2 Å². The highest BCUT2D eigenvalue weighted by Crippen LogP contribution is 2.28. The number of hydrogen-bond donors (Lipinski definition) is 1. The van der Waals surface area contributed by atoms with E-state index in [9.17, 15) is 5.11 Å². The Morgan fingerprint density at radius 1 is 1.29 bits per heavy atom. The Hall–Kier alpha value is -1.07. The molecule has 17 heavy (non-hydrogen) atoms. The van der Waals surface area contributed by atoms with E-state index in [1.807, 2.05) is 29.2 Å². The van der Waals surface area contributed by atoms with Crippen LogP contribution in [0.25, 0.3) is 0 Å². The molecule has 1 N–H and O–H groups in total.